The summed E-state index contributed by atoms with van der Waals surface area (Å²) >= 11 is 0. The molecule has 0 amide bonds. The molecular weight excluding hydrogens is 404 g/mol. The van der Waals surface area contributed by atoms with Gasteiger partial charge in [0.1, 0.15) is 17.2 Å². The van der Waals surface area contributed by atoms with Gasteiger partial charge < -0.3 is 14.2 Å². The maximum absolute atomic E-state index is 12.7. The first-order valence-corrected chi connectivity index (χ1v) is 10.2. The fraction of sp³-hybridized carbons (Fsp3) is 0.111. The Kier molecular flexibility index (Phi) is 6.17. The summed E-state index contributed by atoms with van der Waals surface area (Å²) in [6.45, 7) is 1.70. The number of ketones is 2. The van der Waals surface area contributed by atoms with E-state index in [-0.39, 0.29) is 23.9 Å². The number of carbonyl (C=O) groups excluding carboxylic acids is 2. The van der Waals surface area contributed by atoms with E-state index < -0.39 is 0 Å². The van der Waals surface area contributed by atoms with Crippen LogP contribution in [0.15, 0.2) is 84.6 Å². The summed E-state index contributed by atoms with van der Waals surface area (Å²) in [7, 11) is 1.57. The third kappa shape index (κ3) is 4.62. The Balaban J connectivity index is 1.45. The smallest absolute Gasteiger partial charge is 0.232 e. The van der Waals surface area contributed by atoms with E-state index in [2.05, 4.69) is 0 Å². The Morgan fingerprint density at radius 3 is 2.47 bits per heavy atom. The number of ether oxygens (including phenoxy) is 3. The van der Waals surface area contributed by atoms with Gasteiger partial charge in [-0.25, -0.2) is 0 Å². The molecule has 0 unspecified atom stereocenters. The van der Waals surface area contributed by atoms with E-state index >= 15 is 0 Å². The second-order valence-electron chi connectivity index (χ2n) is 7.29. The van der Waals surface area contributed by atoms with Crippen LogP contribution in [0.1, 0.15) is 31.8 Å². The molecule has 3 aromatic carbocycles. The van der Waals surface area contributed by atoms with Crippen molar-refractivity contribution >= 4 is 17.6 Å². The van der Waals surface area contributed by atoms with Gasteiger partial charge in [0.25, 0.3) is 0 Å². The fourth-order valence-corrected chi connectivity index (χ4v) is 3.40. The van der Waals surface area contributed by atoms with Gasteiger partial charge in [0.05, 0.1) is 12.7 Å². The number of hydrogen-bond donors (Lipinski definition) is 0. The van der Waals surface area contributed by atoms with E-state index in [0.29, 0.717) is 28.4 Å². The van der Waals surface area contributed by atoms with Crippen LogP contribution in [0, 0.1) is 6.92 Å². The quantitative estimate of drug-likeness (QED) is 0.372. The standard InChI is InChI=1S/C27H22O5/c1-18-15-22(31-17-23(28)20-11-13-21(30-2)14-12-20)16-25-26(18)27(29)24(32-25)10-6-9-19-7-4-3-5-8-19/h3-16H,17H2,1-2H3/b9-6+,24-10-. The normalized spacial score (nSPS) is 13.8. The summed E-state index contributed by atoms with van der Waals surface area (Å²) in [5.41, 5.74) is 2.80. The summed E-state index contributed by atoms with van der Waals surface area (Å²) in [5.74, 6) is 1.51. The summed E-state index contributed by atoms with van der Waals surface area (Å²) in [6.07, 6.45) is 5.34. The lowest BCUT2D eigenvalue weighted by Gasteiger charge is -2.09. The fourth-order valence-electron chi connectivity index (χ4n) is 3.40. The number of methoxy groups -OCH3 is 1. The van der Waals surface area contributed by atoms with Gasteiger partial charge in [-0.3, -0.25) is 9.59 Å². The molecule has 1 aliphatic heterocycles. The van der Waals surface area contributed by atoms with Crippen LogP contribution in [0.4, 0.5) is 0 Å². The number of hydrogen-bond acceptors (Lipinski definition) is 5. The van der Waals surface area contributed by atoms with Crippen molar-refractivity contribution in [2.75, 3.05) is 13.7 Å². The number of aryl methyl sites for hydroxylation is 1. The minimum absolute atomic E-state index is 0.124. The molecule has 5 nitrogen and oxygen atoms in total. The predicted molar refractivity (Wildman–Crippen MR) is 123 cm³/mol. The number of allylic oxidation sites excluding steroid dienone is 3. The van der Waals surface area contributed by atoms with Crippen molar-refractivity contribution < 1.29 is 23.8 Å². The molecule has 1 heterocycles. The van der Waals surface area contributed by atoms with Gasteiger partial charge >= 0.3 is 0 Å². The Bertz CT molecular complexity index is 1200. The molecule has 4 rings (SSSR count). The van der Waals surface area contributed by atoms with E-state index in [1.54, 1.807) is 55.7 Å². The highest BCUT2D eigenvalue weighted by atomic mass is 16.5. The molecule has 0 saturated heterocycles. The summed E-state index contributed by atoms with van der Waals surface area (Å²) in [4.78, 5) is 25.2. The van der Waals surface area contributed by atoms with Crippen molar-refractivity contribution in [2.24, 2.45) is 0 Å². The first-order chi connectivity index (χ1) is 15.5. The molecule has 0 atom stereocenters. The molecule has 0 aliphatic carbocycles. The van der Waals surface area contributed by atoms with Crippen molar-refractivity contribution in [1.29, 1.82) is 0 Å². The van der Waals surface area contributed by atoms with Crippen LogP contribution >= 0.6 is 0 Å². The number of fused-ring (bicyclic) bond motifs is 1. The topological polar surface area (TPSA) is 61.8 Å². The second kappa shape index (κ2) is 9.35. The maximum Gasteiger partial charge on any atom is 0.232 e. The van der Waals surface area contributed by atoms with Crippen LogP contribution in [0.25, 0.3) is 6.08 Å². The van der Waals surface area contributed by atoms with Crippen molar-refractivity contribution in [3.63, 3.8) is 0 Å². The van der Waals surface area contributed by atoms with E-state index in [4.69, 9.17) is 14.2 Å². The summed E-state index contributed by atoms with van der Waals surface area (Å²) < 4.78 is 16.6. The average Bonchev–Trinajstić information content (AvgIpc) is 3.14. The van der Waals surface area contributed by atoms with Gasteiger partial charge in [0.2, 0.25) is 5.78 Å². The van der Waals surface area contributed by atoms with Crippen LogP contribution in [0.3, 0.4) is 0 Å². The van der Waals surface area contributed by atoms with Crippen LogP contribution in [-0.4, -0.2) is 25.3 Å². The Morgan fingerprint density at radius 1 is 1.00 bits per heavy atom. The first-order valence-electron chi connectivity index (χ1n) is 10.2. The molecule has 0 radical (unpaired) electrons. The number of rotatable bonds is 7. The SMILES string of the molecule is COc1ccc(C(=O)COc2cc(C)c3c(c2)O/C(=C\C=C\c2ccccc2)C3=O)cc1. The molecular formula is C27H22O5. The van der Waals surface area contributed by atoms with E-state index in [1.165, 1.54) is 0 Å². The van der Waals surface area contributed by atoms with E-state index in [9.17, 15) is 9.59 Å². The number of carbonyl (C=O) groups is 2. The van der Waals surface area contributed by atoms with Crippen LogP contribution in [0.5, 0.6) is 17.2 Å². The number of Topliss-reactive ketones (excluding diaryl/α,β-unsaturated/α-hetero) is 2. The van der Waals surface area contributed by atoms with Gasteiger partial charge in [-0.05, 0) is 54.5 Å². The lowest BCUT2D eigenvalue weighted by molar-refractivity contribution is 0.0920. The molecule has 3 aromatic rings. The lowest BCUT2D eigenvalue weighted by Crippen LogP contribution is -2.11. The van der Waals surface area contributed by atoms with Gasteiger partial charge in [0.15, 0.2) is 18.1 Å². The molecule has 0 saturated carbocycles. The molecule has 5 heteroatoms. The molecule has 0 fully saturated rings. The lowest BCUT2D eigenvalue weighted by atomic mass is 10.0. The Hall–Kier alpha value is -4.12. The molecule has 0 aromatic heterocycles. The van der Waals surface area contributed by atoms with E-state index in [1.807, 2.05) is 43.3 Å². The monoisotopic (exact) mass is 426 g/mol. The Morgan fingerprint density at radius 2 is 1.75 bits per heavy atom. The largest absolute Gasteiger partial charge is 0.497 e. The zero-order chi connectivity index (χ0) is 22.5. The maximum atomic E-state index is 12.7. The first kappa shape index (κ1) is 21.1. The van der Waals surface area contributed by atoms with Gasteiger partial charge in [0, 0.05) is 11.6 Å². The molecule has 32 heavy (non-hydrogen) atoms. The van der Waals surface area contributed by atoms with Gasteiger partial charge in [-0.15, -0.1) is 0 Å². The third-order valence-electron chi connectivity index (χ3n) is 5.06. The molecule has 1 aliphatic rings. The van der Waals surface area contributed by atoms with E-state index in [0.717, 1.165) is 11.1 Å². The molecule has 0 bridgehead atoms. The highest BCUT2D eigenvalue weighted by molar-refractivity contribution is 6.13. The van der Waals surface area contributed by atoms with Crippen molar-refractivity contribution in [3.05, 3.63) is 107 Å². The molecule has 0 spiro atoms. The van der Waals surface area contributed by atoms with Gasteiger partial charge in [-0.1, -0.05) is 42.5 Å². The molecule has 0 N–H and O–H groups in total. The zero-order valence-electron chi connectivity index (χ0n) is 17.8. The van der Waals surface area contributed by atoms with Crippen LogP contribution in [0.2, 0.25) is 0 Å². The highest BCUT2D eigenvalue weighted by Gasteiger charge is 2.29. The summed E-state index contributed by atoms with van der Waals surface area (Å²) in [6, 6.07) is 20.0. The second-order valence-corrected chi connectivity index (χ2v) is 7.29. The Labute approximate surface area is 186 Å². The van der Waals surface area contributed by atoms with Crippen molar-refractivity contribution in [2.45, 2.75) is 6.92 Å². The minimum Gasteiger partial charge on any atom is -0.497 e. The highest BCUT2D eigenvalue weighted by Crippen LogP contribution is 2.37. The minimum atomic E-state index is -0.170. The average molecular weight is 426 g/mol. The summed E-state index contributed by atoms with van der Waals surface area (Å²) in [5, 5.41) is 0. The van der Waals surface area contributed by atoms with Crippen LogP contribution in [-0.2, 0) is 0 Å². The van der Waals surface area contributed by atoms with Crippen LogP contribution < -0.4 is 14.2 Å². The third-order valence-corrected chi connectivity index (χ3v) is 5.06. The van der Waals surface area contributed by atoms with Crippen molar-refractivity contribution in [3.8, 4) is 17.2 Å². The predicted octanol–water partition coefficient (Wildman–Crippen LogP) is 5.44. The van der Waals surface area contributed by atoms with Crippen molar-refractivity contribution in [1.82, 2.24) is 0 Å². The molecule has 160 valence electrons. The van der Waals surface area contributed by atoms with Gasteiger partial charge in [-0.2, -0.15) is 0 Å². The number of benzene rings is 3. The zero-order valence-corrected chi connectivity index (χ0v) is 17.8.